The first kappa shape index (κ1) is 19.8. The summed E-state index contributed by atoms with van der Waals surface area (Å²) < 4.78 is 5.67. The van der Waals surface area contributed by atoms with Gasteiger partial charge in [-0.1, -0.05) is 18.5 Å². The van der Waals surface area contributed by atoms with E-state index in [1.165, 1.54) is 0 Å². The fourth-order valence-corrected chi connectivity index (χ4v) is 2.60. The third-order valence-corrected chi connectivity index (χ3v) is 4.03. The van der Waals surface area contributed by atoms with Crippen LogP contribution in [-0.4, -0.2) is 23.3 Å². The third-order valence-electron chi connectivity index (χ3n) is 3.79. The standard InChI is InChI=1S/C20H23ClN2O3/c1-3-18(15-6-9-17(24)10-7-15)22-23-20(25)5-4-12-26-19-11-8-16(21)13-14(19)2/h6-11,13,24H,3-5,12H2,1-2H3,(H,23,25)/b22-18-. The van der Waals surface area contributed by atoms with E-state index in [0.717, 1.165) is 22.6 Å². The van der Waals surface area contributed by atoms with E-state index in [4.69, 9.17) is 16.3 Å². The van der Waals surface area contributed by atoms with Crippen molar-refractivity contribution >= 4 is 23.2 Å². The van der Waals surface area contributed by atoms with Gasteiger partial charge in [0.2, 0.25) is 5.91 Å². The molecule has 0 fully saturated rings. The number of benzene rings is 2. The van der Waals surface area contributed by atoms with Crippen molar-refractivity contribution in [1.29, 1.82) is 0 Å². The van der Waals surface area contributed by atoms with Crippen LogP contribution in [0.25, 0.3) is 0 Å². The van der Waals surface area contributed by atoms with Gasteiger partial charge in [0.25, 0.3) is 0 Å². The molecule has 0 aliphatic heterocycles. The molecule has 26 heavy (non-hydrogen) atoms. The van der Waals surface area contributed by atoms with E-state index in [1.54, 1.807) is 30.3 Å². The molecule has 2 N–H and O–H groups in total. The van der Waals surface area contributed by atoms with Crippen molar-refractivity contribution in [1.82, 2.24) is 5.43 Å². The zero-order chi connectivity index (χ0) is 18.9. The molecule has 2 aromatic rings. The maximum absolute atomic E-state index is 11.9. The smallest absolute Gasteiger partial charge is 0.240 e. The van der Waals surface area contributed by atoms with E-state index < -0.39 is 0 Å². The Morgan fingerprint density at radius 1 is 1.23 bits per heavy atom. The summed E-state index contributed by atoms with van der Waals surface area (Å²) in [5.74, 6) is 0.809. The van der Waals surface area contributed by atoms with Gasteiger partial charge in [-0.25, -0.2) is 5.43 Å². The number of carbonyl (C=O) groups excluding carboxylic acids is 1. The van der Waals surface area contributed by atoms with Crippen LogP contribution in [0.3, 0.4) is 0 Å². The monoisotopic (exact) mass is 374 g/mol. The third kappa shape index (κ3) is 6.08. The van der Waals surface area contributed by atoms with E-state index >= 15 is 0 Å². The number of halogens is 1. The number of hydrogen-bond donors (Lipinski definition) is 2. The summed E-state index contributed by atoms with van der Waals surface area (Å²) in [6.45, 7) is 4.33. The van der Waals surface area contributed by atoms with Crippen LogP contribution in [-0.2, 0) is 4.79 Å². The Balaban J connectivity index is 1.78. The van der Waals surface area contributed by atoms with Gasteiger partial charge in [-0.05, 0) is 73.4 Å². The van der Waals surface area contributed by atoms with Crippen LogP contribution < -0.4 is 10.2 Å². The summed E-state index contributed by atoms with van der Waals surface area (Å²) in [6, 6.07) is 12.2. The van der Waals surface area contributed by atoms with Gasteiger partial charge in [0.1, 0.15) is 11.5 Å². The SMILES string of the molecule is CC/C(=N/NC(=O)CCCOc1ccc(Cl)cc1C)c1ccc(O)cc1. The Bertz CT molecular complexity index is 773. The van der Waals surface area contributed by atoms with Crippen molar-refractivity contribution in [2.24, 2.45) is 5.10 Å². The number of aryl methyl sites for hydroxylation is 1. The fourth-order valence-electron chi connectivity index (χ4n) is 2.38. The minimum Gasteiger partial charge on any atom is -0.508 e. The highest BCUT2D eigenvalue weighted by Crippen LogP contribution is 2.21. The zero-order valence-electron chi connectivity index (χ0n) is 15.0. The van der Waals surface area contributed by atoms with Crippen molar-refractivity contribution < 1.29 is 14.6 Å². The van der Waals surface area contributed by atoms with E-state index in [2.05, 4.69) is 10.5 Å². The van der Waals surface area contributed by atoms with Crippen molar-refractivity contribution in [2.75, 3.05) is 6.61 Å². The molecule has 0 heterocycles. The van der Waals surface area contributed by atoms with Gasteiger partial charge in [0.05, 0.1) is 12.3 Å². The second-order valence-electron chi connectivity index (χ2n) is 5.86. The van der Waals surface area contributed by atoms with Gasteiger partial charge in [-0.3, -0.25) is 4.79 Å². The van der Waals surface area contributed by atoms with Crippen molar-refractivity contribution in [3.63, 3.8) is 0 Å². The Morgan fingerprint density at radius 3 is 2.62 bits per heavy atom. The number of rotatable bonds is 8. The highest BCUT2D eigenvalue weighted by Gasteiger charge is 2.05. The predicted molar refractivity (Wildman–Crippen MR) is 104 cm³/mol. The maximum Gasteiger partial charge on any atom is 0.240 e. The normalized spacial score (nSPS) is 11.3. The lowest BCUT2D eigenvalue weighted by Crippen LogP contribution is -2.20. The van der Waals surface area contributed by atoms with Crippen molar-refractivity contribution in [3.8, 4) is 11.5 Å². The van der Waals surface area contributed by atoms with E-state index in [-0.39, 0.29) is 11.7 Å². The lowest BCUT2D eigenvalue weighted by Gasteiger charge is -2.09. The zero-order valence-corrected chi connectivity index (χ0v) is 15.7. The van der Waals surface area contributed by atoms with Crippen LogP contribution in [0.2, 0.25) is 5.02 Å². The van der Waals surface area contributed by atoms with Crippen LogP contribution in [0, 0.1) is 6.92 Å². The number of hydrogen-bond acceptors (Lipinski definition) is 4. The molecule has 0 saturated carbocycles. The molecule has 0 spiro atoms. The Kier molecular flexibility index (Phi) is 7.48. The number of nitrogens with zero attached hydrogens (tertiary/aromatic N) is 1. The number of ether oxygens (including phenoxy) is 1. The number of hydrazone groups is 1. The molecule has 2 rings (SSSR count). The number of carbonyl (C=O) groups is 1. The largest absolute Gasteiger partial charge is 0.508 e. The van der Waals surface area contributed by atoms with Crippen molar-refractivity contribution in [2.45, 2.75) is 33.1 Å². The summed E-state index contributed by atoms with van der Waals surface area (Å²) in [4.78, 5) is 11.9. The van der Waals surface area contributed by atoms with Gasteiger partial charge in [-0.15, -0.1) is 0 Å². The molecule has 0 radical (unpaired) electrons. The Hall–Kier alpha value is -2.53. The summed E-state index contributed by atoms with van der Waals surface area (Å²) >= 11 is 5.91. The topological polar surface area (TPSA) is 70.9 Å². The quantitative estimate of drug-likeness (QED) is 0.407. The summed E-state index contributed by atoms with van der Waals surface area (Å²) in [5, 5.41) is 14.2. The molecular weight excluding hydrogens is 352 g/mol. The van der Waals surface area contributed by atoms with Gasteiger partial charge in [0.15, 0.2) is 0 Å². The summed E-state index contributed by atoms with van der Waals surface area (Å²) in [5.41, 5.74) is 5.17. The number of nitrogens with one attached hydrogen (secondary N) is 1. The number of aromatic hydroxyl groups is 1. The maximum atomic E-state index is 11.9. The molecule has 0 atom stereocenters. The Labute approximate surface area is 158 Å². The van der Waals surface area contributed by atoms with Crippen LogP contribution in [0.5, 0.6) is 11.5 Å². The van der Waals surface area contributed by atoms with Gasteiger partial charge in [-0.2, -0.15) is 5.10 Å². The average Bonchev–Trinajstić information content (AvgIpc) is 2.62. The van der Waals surface area contributed by atoms with E-state index in [9.17, 15) is 9.90 Å². The second kappa shape index (κ2) is 9.82. The minimum atomic E-state index is -0.161. The van der Waals surface area contributed by atoms with Crippen LogP contribution in [0.15, 0.2) is 47.6 Å². The fraction of sp³-hybridized carbons (Fsp3) is 0.300. The molecule has 2 aromatic carbocycles. The molecule has 0 aromatic heterocycles. The summed E-state index contributed by atoms with van der Waals surface area (Å²) in [7, 11) is 0. The number of amides is 1. The minimum absolute atomic E-state index is 0.161. The molecule has 0 aliphatic rings. The van der Waals surface area contributed by atoms with E-state index in [1.807, 2.05) is 26.0 Å². The predicted octanol–water partition coefficient (Wildman–Crippen LogP) is 4.44. The first-order chi connectivity index (χ1) is 12.5. The molecule has 0 saturated heterocycles. The summed E-state index contributed by atoms with van der Waals surface area (Å²) in [6.07, 6.45) is 1.58. The molecule has 0 unspecified atom stereocenters. The molecule has 6 heteroatoms. The molecule has 1 amide bonds. The van der Waals surface area contributed by atoms with E-state index in [0.29, 0.717) is 30.9 Å². The van der Waals surface area contributed by atoms with Gasteiger partial charge in [0, 0.05) is 11.4 Å². The highest BCUT2D eigenvalue weighted by molar-refractivity contribution is 6.30. The van der Waals surface area contributed by atoms with Crippen molar-refractivity contribution in [3.05, 3.63) is 58.6 Å². The first-order valence-corrected chi connectivity index (χ1v) is 8.91. The molecule has 0 bridgehead atoms. The molecule has 138 valence electrons. The molecule has 0 aliphatic carbocycles. The molecular formula is C20H23ClN2O3. The molecule has 5 nitrogen and oxygen atoms in total. The van der Waals surface area contributed by atoms with Crippen LogP contribution in [0.1, 0.15) is 37.3 Å². The van der Waals surface area contributed by atoms with Gasteiger partial charge >= 0.3 is 0 Å². The lowest BCUT2D eigenvalue weighted by molar-refractivity contribution is -0.121. The highest BCUT2D eigenvalue weighted by atomic mass is 35.5. The Morgan fingerprint density at radius 2 is 1.96 bits per heavy atom. The first-order valence-electron chi connectivity index (χ1n) is 8.53. The second-order valence-corrected chi connectivity index (χ2v) is 6.29. The number of phenols is 1. The van der Waals surface area contributed by atoms with Crippen LogP contribution in [0.4, 0.5) is 0 Å². The van der Waals surface area contributed by atoms with Crippen LogP contribution >= 0.6 is 11.6 Å². The average molecular weight is 375 g/mol. The van der Waals surface area contributed by atoms with Gasteiger partial charge < -0.3 is 9.84 Å². The number of phenolic OH excluding ortho intramolecular Hbond substituents is 1. The lowest BCUT2D eigenvalue weighted by atomic mass is 10.1.